The smallest absolute Gasteiger partial charge is 0.120 e. The Balaban J connectivity index is 2.15. The van der Waals surface area contributed by atoms with Crippen LogP contribution in [0.4, 0.5) is 0 Å². The fourth-order valence-electron chi connectivity index (χ4n) is 2.03. The Bertz CT molecular complexity index is 375. The average Bonchev–Trinajstić information content (AvgIpc) is 2.68. The highest BCUT2D eigenvalue weighted by Gasteiger charge is 2.31. The molecular formula is C12H16BrNO2. The number of hydrogen-bond donors (Lipinski definition) is 2. The molecule has 0 aromatic heterocycles. The van der Waals surface area contributed by atoms with Crippen LogP contribution in [0.3, 0.4) is 0 Å². The number of rotatable bonds is 3. The Hall–Kier alpha value is -0.580. The number of halogens is 1. The summed E-state index contributed by atoms with van der Waals surface area (Å²) >= 11 is 3.51. The van der Waals surface area contributed by atoms with Gasteiger partial charge in [0.05, 0.1) is 12.7 Å². The Morgan fingerprint density at radius 1 is 1.56 bits per heavy atom. The zero-order valence-corrected chi connectivity index (χ0v) is 10.9. The van der Waals surface area contributed by atoms with Crippen LogP contribution in [-0.4, -0.2) is 30.9 Å². The molecule has 1 aliphatic rings. The van der Waals surface area contributed by atoms with E-state index in [0.29, 0.717) is 13.0 Å². The molecule has 1 heterocycles. The molecule has 0 bridgehead atoms. The third-order valence-corrected chi connectivity index (χ3v) is 3.74. The maximum absolute atomic E-state index is 10.3. The van der Waals surface area contributed by atoms with Crippen molar-refractivity contribution in [1.29, 1.82) is 0 Å². The van der Waals surface area contributed by atoms with Gasteiger partial charge in [0.1, 0.15) is 5.75 Å². The molecule has 0 spiro atoms. The number of aliphatic hydroxyl groups is 1. The summed E-state index contributed by atoms with van der Waals surface area (Å²) in [6, 6.07) is 5.85. The molecule has 0 saturated carbocycles. The number of ether oxygens (including phenoxy) is 1. The van der Waals surface area contributed by atoms with Gasteiger partial charge in [-0.05, 0) is 30.7 Å². The van der Waals surface area contributed by atoms with Gasteiger partial charge in [-0.2, -0.15) is 0 Å². The van der Waals surface area contributed by atoms with Crippen LogP contribution in [0.15, 0.2) is 22.7 Å². The van der Waals surface area contributed by atoms with Crippen molar-refractivity contribution >= 4 is 15.9 Å². The van der Waals surface area contributed by atoms with Crippen LogP contribution in [0.1, 0.15) is 12.0 Å². The van der Waals surface area contributed by atoms with Crippen molar-refractivity contribution in [3.63, 3.8) is 0 Å². The van der Waals surface area contributed by atoms with E-state index in [9.17, 15) is 5.11 Å². The lowest BCUT2D eigenvalue weighted by Gasteiger charge is -2.22. The lowest BCUT2D eigenvalue weighted by Crippen LogP contribution is -2.33. The van der Waals surface area contributed by atoms with E-state index in [2.05, 4.69) is 21.2 Å². The molecule has 3 nitrogen and oxygen atoms in total. The van der Waals surface area contributed by atoms with Gasteiger partial charge >= 0.3 is 0 Å². The number of methoxy groups -OCH3 is 1. The highest BCUT2D eigenvalue weighted by molar-refractivity contribution is 9.10. The van der Waals surface area contributed by atoms with E-state index in [-0.39, 0.29) is 0 Å². The molecule has 0 aliphatic carbocycles. The molecule has 88 valence electrons. The van der Waals surface area contributed by atoms with Crippen LogP contribution in [0.25, 0.3) is 0 Å². The molecular weight excluding hydrogens is 270 g/mol. The summed E-state index contributed by atoms with van der Waals surface area (Å²) < 4.78 is 6.13. The third kappa shape index (κ3) is 2.56. The van der Waals surface area contributed by atoms with Crippen molar-refractivity contribution in [3.8, 4) is 5.75 Å². The lowest BCUT2D eigenvalue weighted by atomic mass is 9.94. The van der Waals surface area contributed by atoms with Crippen LogP contribution in [0.2, 0.25) is 0 Å². The van der Waals surface area contributed by atoms with E-state index >= 15 is 0 Å². The minimum atomic E-state index is -0.600. The maximum Gasteiger partial charge on any atom is 0.120 e. The van der Waals surface area contributed by atoms with Gasteiger partial charge in [0.25, 0.3) is 0 Å². The lowest BCUT2D eigenvalue weighted by molar-refractivity contribution is 0.0617. The summed E-state index contributed by atoms with van der Waals surface area (Å²) in [5.74, 6) is 0.826. The van der Waals surface area contributed by atoms with Gasteiger partial charge in [0.2, 0.25) is 0 Å². The predicted octanol–water partition coefficient (Wildman–Crippen LogP) is 1.72. The fourth-order valence-corrected chi connectivity index (χ4v) is 2.53. The summed E-state index contributed by atoms with van der Waals surface area (Å²) in [6.07, 6.45) is 1.48. The molecule has 16 heavy (non-hydrogen) atoms. The van der Waals surface area contributed by atoms with Crippen molar-refractivity contribution < 1.29 is 9.84 Å². The highest BCUT2D eigenvalue weighted by atomic mass is 79.9. The second-order valence-corrected chi connectivity index (χ2v) is 5.14. The largest absolute Gasteiger partial charge is 0.497 e. The summed E-state index contributed by atoms with van der Waals surface area (Å²) in [5, 5.41) is 13.5. The summed E-state index contributed by atoms with van der Waals surface area (Å²) in [6.45, 7) is 1.57. The Morgan fingerprint density at radius 3 is 2.94 bits per heavy atom. The molecule has 2 rings (SSSR count). The van der Waals surface area contributed by atoms with Gasteiger partial charge in [-0.15, -0.1) is 0 Å². The second kappa shape index (κ2) is 4.73. The van der Waals surface area contributed by atoms with Crippen molar-refractivity contribution in [2.24, 2.45) is 0 Å². The molecule has 1 aromatic rings. The first-order valence-electron chi connectivity index (χ1n) is 5.38. The standard InChI is InChI=1S/C12H16BrNO2/c1-16-10-3-2-9(11(13)6-10)7-12(15)4-5-14-8-12/h2-3,6,14-15H,4-5,7-8H2,1H3. The summed E-state index contributed by atoms with van der Waals surface area (Å²) in [7, 11) is 1.65. The van der Waals surface area contributed by atoms with Crippen molar-refractivity contribution in [1.82, 2.24) is 5.32 Å². The van der Waals surface area contributed by atoms with Gasteiger partial charge in [0.15, 0.2) is 0 Å². The Kier molecular flexibility index (Phi) is 3.52. The maximum atomic E-state index is 10.3. The van der Waals surface area contributed by atoms with Crippen LogP contribution in [0.5, 0.6) is 5.75 Å². The van der Waals surface area contributed by atoms with Gasteiger partial charge in [-0.3, -0.25) is 0 Å². The number of benzene rings is 1. The second-order valence-electron chi connectivity index (χ2n) is 4.29. The van der Waals surface area contributed by atoms with Crippen molar-refractivity contribution in [2.75, 3.05) is 20.2 Å². The molecule has 1 aromatic carbocycles. The average molecular weight is 286 g/mol. The summed E-state index contributed by atoms with van der Waals surface area (Å²) in [5.41, 5.74) is 0.518. The van der Waals surface area contributed by atoms with E-state index in [1.165, 1.54) is 0 Å². The molecule has 1 unspecified atom stereocenters. The van der Waals surface area contributed by atoms with Gasteiger partial charge in [-0.25, -0.2) is 0 Å². The van der Waals surface area contributed by atoms with E-state index in [0.717, 1.165) is 28.8 Å². The van der Waals surface area contributed by atoms with E-state index < -0.39 is 5.60 Å². The molecule has 1 fully saturated rings. The fraction of sp³-hybridized carbons (Fsp3) is 0.500. The number of hydrogen-bond acceptors (Lipinski definition) is 3. The first-order chi connectivity index (χ1) is 7.63. The molecule has 0 amide bonds. The molecule has 1 atom stereocenters. The van der Waals surface area contributed by atoms with Crippen LogP contribution >= 0.6 is 15.9 Å². The van der Waals surface area contributed by atoms with Gasteiger partial charge in [0, 0.05) is 17.4 Å². The zero-order valence-electron chi connectivity index (χ0n) is 9.29. The molecule has 2 N–H and O–H groups in total. The monoisotopic (exact) mass is 285 g/mol. The SMILES string of the molecule is COc1ccc(CC2(O)CCNC2)c(Br)c1. The van der Waals surface area contributed by atoms with E-state index in [1.807, 2.05) is 18.2 Å². The molecule has 4 heteroatoms. The molecule has 1 aliphatic heterocycles. The Labute approximate surface area is 104 Å². The van der Waals surface area contributed by atoms with Gasteiger partial charge < -0.3 is 15.2 Å². The first kappa shape index (κ1) is 11.9. The number of β-amino-alcohol motifs (C(OH)–C–C–N with tert-alkyl or cyclic N) is 1. The van der Waals surface area contributed by atoms with Crippen molar-refractivity contribution in [3.05, 3.63) is 28.2 Å². The van der Waals surface area contributed by atoms with Crippen molar-refractivity contribution in [2.45, 2.75) is 18.4 Å². The predicted molar refractivity (Wildman–Crippen MR) is 66.8 cm³/mol. The third-order valence-electron chi connectivity index (χ3n) is 3.00. The quantitative estimate of drug-likeness (QED) is 0.889. The highest BCUT2D eigenvalue weighted by Crippen LogP contribution is 2.28. The minimum Gasteiger partial charge on any atom is -0.497 e. The Morgan fingerprint density at radius 2 is 2.38 bits per heavy atom. The normalized spacial score (nSPS) is 24.7. The molecule has 1 saturated heterocycles. The zero-order chi connectivity index (χ0) is 11.6. The van der Waals surface area contributed by atoms with E-state index in [4.69, 9.17) is 4.74 Å². The van der Waals surface area contributed by atoms with Gasteiger partial charge in [-0.1, -0.05) is 22.0 Å². The topological polar surface area (TPSA) is 41.5 Å². The van der Waals surface area contributed by atoms with E-state index in [1.54, 1.807) is 7.11 Å². The molecule has 0 radical (unpaired) electrons. The van der Waals surface area contributed by atoms with Crippen LogP contribution < -0.4 is 10.1 Å². The first-order valence-corrected chi connectivity index (χ1v) is 6.18. The summed E-state index contributed by atoms with van der Waals surface area (Å²) in [4.78, 5) is 0. The number of nitrogens with one attached hydrogen (secondary N) is 1. The van der Waals surface area contributed by atoms with Crippen LogP contribution in [0, 0.1) is 0 Å². The van der Waals surface area contributed by atoms with Crippen LogP contribution in [-0.2, 0) is 6.42 Å². The minimum absolute atomic E-state index is 0.600.